The summed E-state index contributed by atoms with van der Waals surface area (Å²) in [6.07, 6.45) is 1.25. The van der Waals surface area contributed by atoms with E-state index in [1.807, 2.05) is 0 Å². The first-order valence-corrected chi connectivity index (χ1v) is 5.64. The van der Waals surface area contributed by atoms with Crippen LogP contribution in [0.5, 0.6) is 5.75 Å². The second-order valence-corrected chi connectivity index (χ2v) is 4.45. The molecule has 0 saturated heterocycles. The van der Waals surface area contributed by atoms with Crippen LogP contribution in [0.4, 0.5) is 0 Å². The molecule has 2 N–H and O–H groups in total. The number of aliphatic carboxylic acids is 1. The topological polar surface area (TPSA) is 79.1 Å². The Labute approximate surface area is 108 Å². The Morgan fingerprint density at radius 2 is 2.00 bits per heavy atom. The summed E-state index contributed by atoms with van der Waals surface area (Å²) >= 11 is 6.45. The fraction of sp³-hybridized carbons (Fsp3) is 0.111. The molecule has 16 heavy (non-hydrogen) atoms. The predicted molar refractivity (Wildman–Crippen MR) is 64.4 cm³/mol. The molecule has 0 unspecified atom stereocenters. The van der Waals surface area contributed by atoms with Gasteiger partial charge in [0.05, 0.1) is 15.2 Å². The molecule has 0 radical (unpaired) electrons. The lowest BCUT2D eigenvalue weighted by Crippen LogP contribution is -2.10. The Morgan fingerprint density at radius 1 is 1.44 bits per heavy atom. The molecule has 1 aromatic carbocycles. The van der Waals surface area contributed by atoms with Gasteiger partial charge >= 0.3 is 5.97 Å². The minimum Gasteiger partial charge on any atom is -0.480 e. The number of benzene rings is 1. The van der Waals surface area contributed by atoms with E-state index in [0.29, 0.717) is 20.3 Å². The number of carbonyl (C=O) groups is 1. The second-order valence-electron chi connectivity index (χ2n) is 2.74. The molecule has 0 amide bonds. The lowest BCUT2D eigenvalue weighted by Gasteiger charge is -2.08. The molecule has 0 aliphatic carbocycles. The molecule has 1 rings (SSSR count). The smallest absolute Gasteiger partial charge is 0.341 e. The lowest BCUT2D eigenvalue weighted by atomic mass is 10.2. The van der Waals surface area contributed by atoms with Gasteiger partial charge in [-0.3, -0.25) is 0 Å². The molecular weight excluding hydrogens is 346 g/mol. The number of hydrogen-bond acceptors (Lipinski definition) is 4. The molecule has 7 heteroatoms. The summed E-state index contributed by atoms with van der Waals surface area (Å²) in [4.78, 5) is 10.4. The van der Waals surface area contributed by atoms with E-state index >= 15 is 0 Å². The zero-order valence-corrected chi connectivity index (χ0v) is 11.0. The van der Waals surface area contributed by atoms with Gasteiger partial charge in [-0.25, -0.2) is 4.79 Å². The van der Waals surface area contributed by atoms with Gasteiger partial charge < -0.3 is 15.1 Å². The third-order valence-electron chi connectivity index (χ3n) is 1.57. The highest BCUT2D eigenvalue weighted by Crippen LogP contribution is 2.34. The lowest BCUT2D eigenvalue weighted by molar-refractivity contribution is -0.139. The fourth-order valence-corrected chi connectivity index (χ4v) is 2.44. The zero-order valence-electron chi connectivity index (χ0n) is 7.85. The molecule has 86 valence electrons. The molecule has 0 fully saturated rings. The van der Waals surface area contributed by atoms with E-state index in [1.54, 1.807) is 12.1 Å². The highest BCUT2D eigenvalue weighted by atomic mass is 79.9. The molecule has 0 aliphatic rings. The van der Waals surface area contributed by atoms with E-state index < -0.39 is 12.6 Å². The standard InChI is InChI=1S/C9H7Br2NO4/c10-6-1-5(3-12-15)2-7(11)9(6)16-4-8(13)14/h1-3,15H,4H2,(H,13,14)/b12-3-. The van der Waals surface area contributed by atoms with Gasteiger partial charge in [-0.15, -0.1) is 0 Å². The van der Waals surface area contributed by atoms with Gasteiger partial charge in [-0.2, -0.15) is 0 Å². The molecular formula is C9H7Br2NO4. The maximum atomic E-state index is 10.4. The van der Waals surface area contributed by atoms with Crippen LogP contribution < -0.4 is 4.74 Å². The van der Waals surface area contributed by atoms with E-state index in [4.69, 9.17) is 15.1 Å². The van der Waals surface area contributed by atoms with Crippen LogP contribution in [0.3, 0.4) is 0 Å². The van der Waals surface area contributed by atoms with Crippen LogP contribution in [-0.4, -0.2) is 29.1 Å². The Hall–Kier alpha value is -1.08. The number of ether oxygens (including phenoxy) is 1. The van der Waals surface area contributed by atoms with Crippen molar-refractivity contribution < 1.29 is 19.8 Å². The van der Waals surface area contributed by atoms with Crippen LogP contribution in [-0.2, 0) is 4.79 Å². The van der Waals surface area contributed by atoms with Crippen molar-refractivity contribution >= 4 is 44.0 Å². The summed E-state index contributed by atoms with van der Waals surface area (Å²) in [5, 5.41) is 19.8. The molecule has 0 atom stereocenters. The van der Waals surface area contributed by atoms with Gasteiger partial charge in [0.25, 0.3) is 0 Å². The first-order chi connectivity index (χ1) is 7.54. The zero-order chi connectivity index (χ0) is 12.1. The number of halogens is 2. The van der Waals surface area contributed by atoms with Crippen LogP contribution in [0, 0.1) is 0 Å². The van der Waals surface area contributed by atoms with Crippen molar-refractivity contribution in [3.8, 4) is 5.75 Å². The normalized spacial score (nSPS) is 10.6. The first kappa shape index (κ1) is 13.0. The monoisotopic (exact) mass is 351 g/mol. The van der Waals surface area contributed by atoms with Crippen LogP contribution in [0.1, 0.15) is 5.56 Å². The second kappa shape index (κ2) is 5.86. The summed E-state index contributed by atoms with van der Waals surface area (Å²) in [6.45, 7) is -0.426. The largest absolute Gasteiger partial charge is 0.480 e. The van der Waals surface area contributed by atoms with Crippen molar-refractivity contribution in [3.63, 3.8) is 0 Å². The van der Waals surface area contributed by atoms with E-state index in [1.165, 1.54) is 6.21 Å². The summed E-state index contributed by atoms with van der Waals surface area (Å²) in [5.74, 6) is -0.669. The van der Waals surface area contributed by atoms with Gasteiger partial charge in [0, 0.05) is 0 Å². The molecule has 0 heterocycles. The van der Waals surface area contributed by atoms with Crippen LogP contribution in [0.15, 0.2) is 26.2 Å². The quantitative estimate of drug-likeness (QED) is 0.495. The van der Waals surface area contributed by atoms with Crippen molar-refractivity contribution in [2.24, 2.45) is 5.16 Å². The minimum absolute atomic E-state index is 0.387. The van der Waals surface area contributed by atoms with Gasteiger partial charge in [-0.1, -0.05) is 5.16 Å². The van der Waals surface area contributed by atoms with Gasteiger partial charge in [0.15, 0.2) is 6.61 Å². The van der Waals surface area contributed by atoms with Crippen LogP contribution >= 0.6 is 31.9 Å². The molecule has 5 nitrogen and oxygen atoms in total. The number of carboxylic acid groups (broad SMARTS) is 1. The molecule has 0 bridgehead atoms. The maximum Gasteiger partial charge on any atom is 0.341 e. The maximum absolute atomic E-state index is 10.4. The highest BCUT2D eigenvalue weighted by molar-refractivity contribution is 9.11. The molecule has 0 spiro atoms. The Balaban J connectivity index is 2.98. The molecule has 0 aliphatic heterocycles. The summed E-state index contributed by atoms with van der Waals surface area (Å²) in [5.41, 5.74) is 0.643. The third kappa shape index (κ3) is 3.49. The van der Waals surface area contributed by atoms with Gasteiger partial charge in [0.1, 0.15) is 5.75 Å². The number of rotatable bonds is 4. The van der Waals surface area contributed by atoms with Gasteiger partial charge in [0.2, 0.25) is 0 Å². The van der Waals surface area contributed by atoms with Crippen LogP contribution in [0.25, 0.3) is 0 Å². The number of hydrogen-bond donors (Lipinski definition) is 2. The van der Waals surface area contributed by atoms with Crippen molar-refractivity contribution in [1.29, 1.82) is 0 Å². The minimum atomic E-state index is -1.06. The number of carboxylic acids is 1. The molecule has 0 saturated carbocycles. The van der Waals surface area contributed by atoms with E-state index in [2.05, 4.69) is 37.0 Å². The van der Waals surface area contributed by atoms with E-state index in [9.17, 15) is 4.79 Å². The van der Waals surface area contributed by atoms with Crippen molar-refractivity contribution in [3.05, 3.63) is 26.6 Å². The summed E-state index contributed by atoms with van der Waals surface area (Å²) in [6, 6.07) is 3.28. The average Bonchev–Trinajstić information content (AvgIpc) is 2.16. The van der Waals surface area contributed by atoms with Gasteiger partial charge in [-0.05, 0) is 49.6 Å². The Bertz CT molecular complexity index is 411. The summed E-state index contributed by atoms with van der Waals surface area (Å²) in [7, 11) is 0. The third-order valence-corrected chi connectivity index (χ3v) is 2.75. The Morgan fingerprint density at radius 3 is 2.44 bits per heavy atom. The van der Waals surface area contributed by atoms with Crippen LogP contribution in [0.2, 0.25) is 0 Å². The Kier molecular flexibility index (Phi) is 4.75. The number of nitrogens with zero attached hydrogens (tertiary/aromatic N) is 1. The fourth-order valence-electron chi connectivity index (χ4n) is 0.992. The van der Waals surface area contributed by atoms with Crippen molar-refractivity contribution in [2.45, 2.75) is 0 Å². The van der Waals surface area contributed by atoms with E-state index in [0.717, 1.165) is 0 Å². The molecule has 1 aromatic rings. The van der Waals surface area contributed by atoms with Crippen molar-refractivity contribution in [1.82, 2.24) is 0 Å². The predicted octanol–water partition coefficient (Wildman–Crippen LogP) is 2.48. The highest BCUT2D eigenvalue weighted by Gasteiger charge is 2.10. The number of oxime groups is 1. The SMILES string of the molecule is O=C(O)COc1c(Br)cc(/C=N\O)cc1Br. The summed E-state index contributed by atoms with van der Waals surface area (Å²) < 4.78 is 6.20. The average molecular weight is 353 g/mol. The van der Waals surface area contributed by atoms with Crippen molar-refractivity contribution in [2.75, 3.05) is 6.61 Å². The van der Waals surface area contributed by atoms with E-state index in [-0.39, 0.29) is 0 Å². The molecule has 0 aromatic heterocycles. The first-order valence-electron chi connectivity index (χ1n) is 4.05.